The summed E-state index contributed by atoms with van der Waals surface area (Å²) in [5.74, 6) is 0.785. The van der Waals surface area contributed by atoms with Crippen molar-refractivity contribution in [2.45, 2.75) is 0 Å². The largest absolute Gasteiger partial charge is 0.353 e. The van der Waals surface area contributed by atoms with E-state index < -0.39 is 0 Å². The maximum atomic E-state index is 8.60. The van der Waals surface area contributed by atoms with Crippen LogP contribution in [0.2, 0.25) is 5.02 Å². The van der Waals surface area contributed by atoms with E-state index in [0.717, 1.165) is 32.0 Å². The van der Waals surface area contributed by atoms with Crippen LogP contribution in [0.25, 0.3) is 0 Å². The summed E-state index contributed by atoms with van der Waals surface area (Å²) in [6, 6.07) is 2.16. The van der Waals surface area contributed by atoms with Crippen LogP contribution in [0.4, 0.5) is 5.82 Å². The first-order valence-electron chi connectivity index (χ1n) is 5.11. The molecule has 0 radical (unpaired) electrons. The average molecular weight is 238 g/mol. The molecule has 2 heterocycles. The molecule has 6 heteroatoms. The molecular formula is C10H12ClN5. The molecule has 1 aromatic heterocycles. The molecular weight excluding hydrogens is 226 g/mol. The van der Waals surface area contributed by atoms with E-state index in [0.29, 0.717) is 11.6 Å². The predicted molar refractivity (Wildman–Crippen MR) is 61.3 cm³/mol. The normalized spacial score (nSPS) is 17.1. The summed E-state index contributed by atoms with van der Waals surface area (Å²) in [5, 5.41) is 9.18. The lowest BCUT2D eigenvalue weighted by Crippen LogP contribution is -2.46. The van der Waals surface area contributed by atoms with Gasteiger partial charge in [-0.1, -0.05) is 11.6 Å². The zero-order chi connectivity index (χ0) is 11.4. The molecule has 0 amide bonds. The summed E-state index contributed by atoms with van der Waals surface area (Å²) in [7, 11) is 0. The average Bonchev–Trinajstić information content (AvgIpc) is 2.31. The molecule has 16 heavy (non-hydrogen) atoms. The number of hydrogen-bond acceptors (Lipinski definition) is 5. The molecule has 5 nitrogen and oxygen atoms in total. The van der Waals surface area contributed by atoms with Crippen LogP contribution in [-0.2, 0) is 0 Å². The molecule has 2 rings (SSSR count). The van der Waals surface area contributed by atoms with Crippen LogP contribution in [0.5, 0.6) is 0 Å². The van der Waals surface area contributed by atoms with Gasteiger partial charge in [0.15, 0.2) is 5.82 Å². The number of nitriles is 1. The lowest BCUT2D eigenvalue weighted by Gasteiger charge is -2.34. The highest BCUT2D eigenvalue weighted by molar-refractivity contribution is 6.32. The van der Waals surface area contributed by atoms with E-state index in [4.69, 9.17) is 16.9 Å². The van der Waals surface area contributed by atoms with Crippen molar-refractivity contribution < 1.29 is 0 Å². The molecule has 1 aromatic rings. The van der Waals surface area contributed by atoms with E-state index in [-0.39, 0.29) is 0 Å². The second-order valence-electron chi connectivity index (χ2n) is 3.62. The van der Waals surface area contributed by atoms with Crippen molar-refractivity contribution in [2.75, 3.05) is 37.6 Å². The van der Waals surface area contributed by atoms with Gasteiger partial charge < -0.3 is 4.90 Å². The minimum atomic E-state index is 0.491. The molecule has 0 spiro atoms. The fourth-order valence-corrected chi connectivity index (χ4v) is 1.98. The Labute approximate surface area is 99.3 Å². The molecule has 0 saturated carbocycles. The SMILES string of the molecule is N#CCN1CCN(c2ncncc2Cl)CC1. The lowest BCUT2D eigenvalue weighted by molar-refractivity contribution is 0.286. The third kappa shape index (κ3) is 2.40. The van der Waals surface area contributed by atoms with E-state index >= 15 is 0 Å². The third-order valence-electron chi connectivity index (χ3n) is 2.61. The van der Waals surface area contributed by atoms with Crippen molar-refractivity contribution >= 4 is 17.4 Å². The third-order valence-corrected chi connectivity index (χ3v) is 2.88. The standard InChI is InChI=1S/C10H12ClN5/c11-9-7-13-8-14-10(9)16-5-3-15(2-1-12)4-6-16/h7-8H,2-6H2. The molecule has 0 unspecified atom stereocenters. The van der Waals surface area contributed by atoms with Gasteiger partial charge in [-0.3, -0.25) is 4.90 Å². The van der Waals surface area contributed by atoms with Crippen molar-refractivity contribution in [3.8, 4) is 6.07 Å². The zero-order valence-electron chi connectivity index (χ0n) is 8.80. The van der Waals surface area contributed by atoms with Gasteiger partial charge in [-0.2, -0.15) is 5.26 Å². The highest BCUT2D eigenvalue weighted by Gasteiger charge is 2.19. The zero-order valence-corrected chi connectivity index (χ0v) is 9.56. The number of piperazine rings is 1. The second kappa shape index (κ2) is 5.10. The number of aromatic nitrogens is 2. The minimum Gasteiger partial charge on any atom is -0.353 e. The summed E-state index contributed by atoms with van der Waals surface area (Å²) >= 11 is 6.02. The smallest absolute Gasteiger partial charge is 0.150 e. The molecule has 0 aromatic carbocycles. The van der Waals surface area contributed by atoms with Crippen LogP contribution in [0, 0.1) is 11.3 Å². The van der Waals surface area contributed by atoms with E-state index in [1.54, 1.807) is 6.20 Å². The molecule has 1 aliphatic rings. The number of anilines is 1. The first kappa shape index (κ1) is 11.1. The van der Waals surface area contributed by atoms with Crippen LogP contribution >= 0.6 is 11.6 Å². The van der Waals surface area contributed by atoms with Crippen molar-refractivity contribution in [3.05, 3.63) is 17.5 Å². The van der Waals surface area contributed by atoms with Crippen LogP contribution in [-0.4, -0.2) is 47.6 Å². The van der Waals surface area contributed by atoms with Gasteiger partial charge in [0.05, 0.1) is 18.8 Å². The summed E-state index contributed by atoms with van der Waals surface area (Å²) < 4.78 is 0. The lowest BCUT2D eigenvalue weighted by atomic mass is 10.3. The molecule has 0 bridgehead atoms. The van der Waals surface area contributed by atoms with Crippen molar-refractivity contribution in [1.82, 2.24) is 14.9 Å². The Morgan fingerprint density at radius 2 is 2.12 bits per heavy atom. The number of nitrogens with zero attached hydrogens (tertiary/aromatic N) is 5. The Bertz CT molecular complexity index is 394. The van der Waals surface area contributed by atoms with E-state index in [2.05, 4.69) is 25.8 Å². The van der Waals surface area contributed by atoms with Gasteiger partial charge in [0.1, 0.15) is 11.3 Å². The Kier molecular flexibility index (Phi) is 3.54. The molecule has 1 fully saturated rings. The van der Waals surface area contributed by atoms with Crippen molar-refractivity contribution in [3.63, 3.8) is 0 Å². The van der Waals surface area contributed by atoms with Gasteiger partial charge in [-0.05, 0) is 0 Å². The molecule has 1 aliphatic heterocycles. The van der Waals surface area contributed by atoms with E-state index in [1.807, 2.05) is 0 Å². The molecule has 0 atom stereocenters. The number of hydrogen-bond donors (Lipinski definition) is 0. The van der Waals surface area contributed by atoms with Crippen LogP contribution in [0.1, 0.15) is 0 Å². The summed E-state index contributed by atoms with van der Waals surface area (Å²) in [6.45, 7) is 3.92. The van der Waals surface area contributed by atoms with Gasteiger partial charge >= 0.3 is 0 Å². The minimum absolute atomic E-state index is 0.491. The first-order chi connectivity index (χ1) is 7.81. The van der Waals surface area contributed by atoms with Crippen LogP contribution in [0.3, 0.4) is 0 Å². The summed E-state index contributed by atoms with van der Waals surface area (Å²) in [6.07, 6.45) is 3.11. The topological polar surface area (TPSA) is 56.1 Å². The Hall–Kier alpha value is -1.38. The fraction of sp³-hybridized carbons (Fsp3) is 0.500. The van der Waals surface area contributed by atoms with Gasteiger partial charge in [0.25, 0.3) is 0 Å². The maximum Gasteiger partial charge on any atom is 0.150 e. The van der Waals surface area contributed by atoms with E-state index in [9.17, 15) is 0 Å². The predicted octanol–water partition coefficient (Wildman–Crippen LogP) is 0.776. The monoisotopic (exact) mass is 237 g/mol. The van der Waals surface area contributed by atoms with Gasteiger partial charge in [0, 0.05) is 26.2 Å². The first-order valence-corrected chi connectivity index (χ1v) is 5.49. The Morgan fingerprint density at radius 3 is 2.75 bits per heavy atom. The molecule has 0 N–H and O–H groups in total. The van der Waals surface area contributed by atoms with Crippen molar-refractivity contribution in [1.29, 1.82) is 5.26 Å². The Balaban J connectivity index is 2.00. The second-order valence-corrected chi connectivity index (χ2v) is 4.02. The highest BCUT2D eigenvalue weighted by Crippen LogP contribution is 2.22. The van der Waals surface area contributed by atoms with Gasteiger partial charge in [-0.15, -0.1) is 0 Å². The fourth-order valence-electron chi connectivity index (χ4n) is 1.76. The van der Waals surface area contributed by atoms with Gasteiger partial charge in [0.2, 0.25) is 0 Å². The molecule has 1 saturated heterocycles. The number of halogens is 1. The Morgan fingerprint density at radius 1 is 1.38 bits per heavy atom. The van der Waals surface area contributed by atoms with E-state index in [1.165, 1.54) is 6.33 Å². The van der Waals surface area contributed by atoms with Crippen molar-refractivity contribution in [2.24, 2.45) is 0 Å². The van der Waals surface area contributed by atoms with Gasteiger partial charge in [-0.25, -0.2) is 9.97 Å². The quantitative estimate of drug-likeness (QED) is 0.712. The van der Waals surface area contributed by atoms with Crippen LogP contribution in [0.15, 0.2) is 12.5 Å². The summed E-state index contributed by atoms with van der Waals surface area (Å²) in [4.78, 5) is 12.3. The molecule has 0 aliphatic carbocycles. The number of rotatable bonds is 2. The van der Waals surface area contributed by atoms with Crippen LogP contribution < -0.4 is 4.90 Å². The maximum absolute atomic E-state index is 8.60. The highest BCUT2D eigenvalue weighted by atomic mass is 35.5. The molecule has 84 valence electrons. The summed E-state index contributed by atoms with van der Waals surface area (Å²) in [5.41, 5.74) is 0.